The fourth-order valence-electron chi connectivity index (χ4n) is 1.77. The monoisotopic (exact) mass is 274 g/mol. The van der Waals surface area contributed by atoms with E-state index in [2.05, 4.69) is 31.1 Å². The maximum Gasteiger partial charge on any atom is 0.226 e. The molecule has 0 saturated carbocycles. The van der Waals surface area contributed by atoms with Crippen LogP contribution in [-0.2, 0) is 6.54 Å². The Bertz CT molecular complexity index is 535. The van der Waals surface area contributed by atoms with E-state index in [1.807, 2.05) is 24.3 Å². The van der Waals surface area contributed by atoms with Gasteiger partial charge in [0.1, 0.15) is 12.0 Å². The third-order valence-corrected chi connectivity index (χ3v) is 2.80. The first-order valence-electron chi connectivity index (χ1n) is 7.10. The highest BCUT2D eigenvalue weighted by molar-refractivity contribution is 5.56. The van der Waals surface area contributed by atoms with Crippen molar-refractivity contribution < 1.29 is 9.15 Å². The summed E-state index contributed by atoms with van der Waals surface area (Å²) in [4.78, 5) is 4.49. The molecular weight excluding hydrogens is 252 g/mol. The summed E-state index contributed by atoms with van der Waals surface area (Å²) in [6, 6.07) is 8.27. The zero-order chi connectivity index (χ0) is 14.4. The number of nitrogens with zero attached hydrogens (tertiary/aromatic N) is 1. The molecule has 0 aliphatic rings. The van der Waals surface area contributed by atoms with Gasteiger partial charge in [-0.3, -0.25) is 0 Å². The standard InChI is InChI=1S/C16H22N2O2/c1-4-8-19-15-7-5-6-13(9-15)16-18-14(11-20-16)10-17-12(2)3/h5-7,9,11-12,17H,4,8,10H2,1-3H3. The highest BCUT2D eigenvalue weighted by Gasteiger charge is 2.08. The van der Waals surface area contributed by atoms with Gasteiger partial charge < -0.3 is 14.5 Å². The van der Waals surface area contributed by atoms with Gasteiger partial charge in [-0.25, -0.2) is 4.98 Å². The Morgan fingerprint density at radius 1 is 1.35 bits per heavy atom. The maximum absolute atomic E-state index is 5.62. The lowest BCUT2D eigenvalue weighted by Gasteiger charge is -2.05. The second-order valence-corrected chi connectivity index (χ2v) is 5.06. The van der Waals surface area contributed by atoms with E-state index >= 15 is 0 Å². The van der Waals surface area contributed by atoms with Crippen LogP contribution in [0.15, 0.2) is 34.9 Å². The van der Waals surface area contributed by atoms with Crippen LogP contribution in [0.2, 0.25) is 0 Å². The minimum atomic E-state index is 0.431. The van der Waals surface area contributed by atoms with E-state index < -0.39 is 0 Å². The number of benzene rings is 1. The van der Waals surface area contributed by atoms with Gasteiger partial charge in [0.25, 0.3) is 0 Å². The van der Waals surface area contributed by atoms with Crippen molar-refractivity contribution in [3.63, 3.8) is 0 Å². The molecule has 0 atom stereocenters. The number of ether oxygens (including phenoxy) is 1. The Morgan fingerprint density at radius 3 is 2.95 bits per heavy atom. The highest BCUT2D eigenvalue weighted by atomic mass is 16.5. The average Bonchev–Trinajstić information content (AvgIpc) is 2.92. The van der Waals surface area contributed by atoms with Gasteiger partial charge in [-0.05, 0) is 24.6 Å². The maximum atomic E-state index is 5.62. The number of hydrogen-bond donors (Lipinski definition) is 1. The Labute approximate surface area is 120 Å². The normalized spacial score (nSPS) is 11.0. The Morgan fingerprint density at radius 2 is 2.20 bits per heavy atom. The topological polar surface area (TPSA) is 47.3 Å². The summed E-state index contributed by atoms with van der Waals surface area (Å²) >= 11 is 0. The average molecular weight is 274 g/mol. The molecule has 2 aromatic rings. The van der Waals surface area contributed by atoms with E-state index in [1.54, 1.807) is 6.26 Å². The molecule has 0 saturated heterocycles. The van der Waals surface area contributed by atoms with Gasteiger partial charge in [0.15, 0.2) is 0 Å². The van der Waals surface area contributed by atoms with Crippen LogP contribution < -0.4 is 10.1 Å². The van der Waals surface area contributed by atoms with Crippen LogP contribution in [0.25, 0.3) is 11.5 Å². The zero-order valence-electron chi connectivity index (χ0n) is 12.3. The van der Waals surface area contributed by atoms with Crippen LogP contribution >= 0.6 is 0 Å². The zero-order valence-corrected chi connectivity index (χ0v) is 12.3. The molecule has 1 aromatic carbocycles. The molecule has 1 heterocycles. The molecule has 0 spiro atoms. The second-order valence-electron chi connectivity index (χ2n) is 5.06. The number of rotatable bonds is 7. The SMILES string of the molecule is CCCOc1cccc(-c2nc(CNC(C)C)co2)c1. The minimum Gasteiger partial charge on any atom is -0.494 e. The lowest BCUT2D eigenvalue weighted by atomic mass is 10.2. The summed E-state index contributed by atoms with van der Waals surface area (Å²) in [7, 11) is 0. The third-order valence-electron chi connectivity index (χ3n) is 2.80. The van der Waals surface area contributed by atoms with Crippen LogP contribution in [0.3, 0.4) is 0 Å². The molecule has 108 valence electrons. The van der Waals surface area contributed by atoms with Crippen LogP contribution in [0.1, 0.15) is 32.9 Å². The fraction of sp³-hybridized carbons (Fsp3) is 0.438. The predicted molar refractivity (Wildman–Crippen MR) is 79.7 cm³/mol. The molecule has 1 N–H and O–H groups in total. The molecule has 0 aliphatic heterocycles. The Kier molecular flexibility index (Phi) is 5.18. The quantitative estimate of drug-likeness (QED) is 0.837. The van der Waals surface area contributed by atoms with Gasteiger partial charge in [-0.1, -0.05) is 26.8 Å². The summed E-state index contributed by atoms with van der Waals surface area (Å²) < 4.78 is 11.2. The molecule has 0 bridgehead atoms. The molecule has 4 heteroatoms. The molecule has 0 unspecified atom stereocenters. The lowest BCUT2D eigenvalue weighted by Crippen LogP contribution is -2.21. The Balaban J connectivity index is 2.07. The van der Waals surface area contributed by atoms with Crippen LogP contribution in [0.5, 0.6) is 5.75 Å². The van der Waals surface area contributed by atoms with Crippen molar-refractivity contribution in [2.24, 2.45) is 0 Å². The largest absolute Gasteiger partial charge is 0.494 e. The molecule has 0 radical (unpaired) electrons. The Hall–Kier alpha value is -1.81. The van der Waals surface area contributed by atoms with Gasteiger partial charge in [0, 0.05) is 18.2 Å². The summed E-state index contributed by atoms with van der Waals surface area (Å²) in [5, 5.41) is 3.32. The molecule has 0 fully saturated rings. The molecule has 0 aliphatic carbocycles. The van der Waals surface area contributed by atoms with E-state index in [9.17, 15) is 0 Å². The van der Waals surface area contributed by atoms with Crippen LogP contribution in [-0.4, -0.2) is 17.6 Å². The first kappa shape index (κ1) is 14.6. The van der Waals surface area contributed by atoms with Crippen molar-refractivity contribution in [2.45, 2.75) is 39.8 Å². The van der Waals surface area contributed by atoms with E-state index in [0.29, 0.717) is 18.5 Å². The summed E-state index contributed by atoms with van der Waals surface area (Å²) in [6.45, 7) is 7.74. The molecule has 0 amide bonds. The molecule has 4 nitrogen and oxygen atoms in total. The smallest absolute Gasteiger partial charge is 0.226 e. The lowest BCUT2D eigenvalue weighted by molar-refractivity contribution is 0.317. The van der Waals surface area contributed by atoms with E-state index in [1.165, 1.54) is 0 Å². The second kappa shape index (κ2) is 7.10. The van der Waals surface area contributed by atoms with E-state index in [4.69, 9.17) is 9.15 Å². The van der Waals surface area contributed by atoms with Crippen molar-refractivity contribution in [1.29, 1.82) is 0 Å². The van der Waals surface area contributed by atoms with Crippen molar-refractivity contribution in [1.82, 2.24) is 10.3 Å². The van der Waals surface area contributed by atoms with Crippen molar-refractivity contribution in [3.05, 3.63) is 36.2 Å². The van der Waals surface area contributed by atoms with Gasteiger partial charge >= 0.3 is 0 Å². The predicted octanol–water partition coefficient (Wildman–Crippen LogP) is 3.63. The van der Waals surface area contributed by atoms with E-state index in [0.717, 1.165) is 30.0 Å². The molecule has 20 heavy (non-hydrogen) atoms. The number of aromatic nitrogens is 1. The van der Waals surface area contributed by atoms with Gasteiger partial charge in [-0.2, -0.15) is 0 Å². The number of oxazole rings is 1. The summed E-state index contributed by atoms with van der Waals surface area (Å²) in [5.74, 6) is 1.48. The van der Waals surface area contributed by atoms with Gasteiger partial charge in [-0.15, -0.1) is 0 Å². The van der Waals surface area contributed by atoms with Crippen molar-refractivity contribution in [2.75, 3.05) is 6.61 Å². The summed E-state index contributed by atoms with van der Waals surface area (Å²) in [6.07, 6.45) is 2.69. The number of nitrogens with one attached hydrogen (secondary N) is 1. The van der Waals surface area contributed by atoms with E-state index in [-0.39, 0.29) is 0 Å². The highest BCUT2D eigenvalue weighted by Crippen LogP contribution is 2.23. The van der Waals surface area contributed by atoms with Crippen LogP contribution in [0, 0.1) is 0 Å². The summed E-state index contributed by atoms with van der Waals surface area (Å²) in [5.41, 5.74) is 1.85. The van der Waals surface area contributed by atoms with Crippen molar-refractivity contribution >= 4 is 0 Å². The van der Waals surface area contributed by atoms with Gasteiger partial charge in [0.2, 0.25) is 5.89 Å². The molecule has 2 rings (SSSR count). The van der Waals surface area contributed by atoms with Crippen molar-refractivity contribution in [3.8, 4) is 17.2 Å². The van der Waals surface area contributed by atoms with Gasteiger partial charge in [0.05, 0.1) is 12.3 Å². The third kappa shape index (κ3) is 4.10. The molecular formula is C16H22N2O2. The molecule has 1 aromatic heterocycles. The fourth-order valence-corrected chi connectivity index (χ4v) is 1.77. The first-order chi connectivity index (χ1) is 9.69. The minimum absolute atomic E-state index is 0.431. The van der Waals surface area contributed by atoms with Crippen LogP contribution in [0.4, 0.5) is 0 Å². The first-order valence-corrected chi connectivity index (χ1v) is 7.10. The number of hydrogen-bond acceptors (Lipinski definition) is 4.